The highest BCUT2D eigenvalue weighted by molar-refractivity contribution is 5.42. The van der Waals surface area contributed by atoms with Crippen LogP contribution in [0, 0.1) is 0 Å². The molecule has 3 heteroatoms. The van der Waals surface area contributed by atoms with E-state index in [0.717, 1.165) is 23.3 Å². The minimum Gasteiger partial charge on any atom is -0.508 e. The number of pyridine rings is 1. The van der Waals surface area contributed by atoms with Crippen LogP contribution in [-0.4, -0.2) is 17.2 Å². The molecule has 0 saturated heterocycles. The molecule has 82 valence electrons. The first kappa shape index (κ1) is 10.5. The van der Waals surface area contributed by atoms with Gasteiger partial charge in [-0.15, -0.1) is 0 Å². The summed E-state index contributed by atoms with van der Waals surface area (Å²) < 4.78 is 5.25. The van der Waals surface area contributed by atoms with E-state index in [4.69, 9.17) is 4.74 Å². The lowest BCUT2D eigenvalue weighted by atomic mass is 10.0. The van der Waals surface area contributed by atoms with Crippen LogP contribution >= 0.6 is 0 Å². The highest BCUT2D eigenvalue weighted by Gasteiger charge is 2.04. The lowest BCUT2D eigenvalue weighted by molar-refractivity contribution is 0.407. The fraction of sp³-hybridized carbons (Fsp3) is 0.154. The Balaban J connectivity index is 2.30. The Morgan fingerprint density at radius 3 is 2.62 bits per heavy atom. The minimum absolute atomic E-state index is 0.254. The van der Waals surface area contributed by atoms with Crippen LogP contribution in [0.1, 0.15) is 11.1 Å². The van der Waals surface area contributed by atoms with E-state index in [2.05, 4.69) is 4.98 Å². The lowest BCUT2D eigenvalue weighted by Gasteiger charge is -2.08. The maximum absolute atomic E-state index is 9.44. The second kappa shape index (κ2) is 4.66. The highest BCUT2D eigenvalue weighted by atomic mass is 16.5. The third-order valence-corrected chi connectivity index (χ3v) is 2.41. The normalized spacial score (nSPS) is 10.1. The molecule has 3 nitrogen and oxygen atoms in total. The summed E-state index contributed by atoms with van der Waals surface area (Å²) in [7, 11) is 1.63. The lowest BCUT2D eigenvalue weighted by Crippen LogP contribution is -1.93. The molecule has 0 saturated carbocycles. The smallest absolute Gasteiger partial charge is 0.122 e. The zero-order chi connectivity index (χ0) is 11.4. The molecule has 0 atom stereocenters. The zero-order valence-electron chi connectivity index (χ0n) is 9.05. The molecule has 0 fully saturated rings. The van der Waals surface area contributed by atoms with Crippen molar-refractivity contribution in [1.29, 1.82) is 0 Å². The summed E-state index contributed by atoms with van der Waals surface area (Å²) in [5.41, 5.74) is 2.10. The van der Waals surface area contributed by atoms with Crippen molar-refractivity contribution >= 4 is 0 Å². The van der Waals surface area contributed by atoms with E-state index >= 15 is 0 Å². The SMILES string of the molecule is COc1ccc(O)cc1Cc1ccncc1. The standard InChI is InChI=1S/C13H13NO2/c1-16-13-3-2-12(15)9-11(13)8-10-4-6-14-7-5-10/h2-7,9,15H,8H2,1H3. The first-order valence-corrected chi connectivity index (χ1v) is 5.04. The highest BCUT2D eigenvalue weighted by Crippen LogP contribution is 2.25. The Morgan fingerprint density at radius 2 is 1.94 bits per heavy atom. The van der Waals surface area contributed by atoms with Gasteiger partial charge in [-0.3, -0.25) is 4.98 Å². The Bertz CT molecular complexity index is 469. The molecule has 1 heterocycles. The van der Waals surface area contributed by atoms with Gasteiger partial charge in [-0.2, -0.15) is 0 Å². The van der Waals surface area contributed by atoms with E-state index < -0.39 is 0 Å². The molecule has 16 heavy (non-hydrogen) atoms. The van der Waals surface area contributed by atoms with Crippen molar-refractivity contribution in [2.75, 3.05) is 7.11 Å². The number of hydrogen-bond acceptors (Lipinski definition) is 3. The summed E-state index contributed by atoms with van der Waals surface area (Å²) in [6, 6.07) is 9.01. The van der Waals surface area contributed by atoms with Gasteiger partial charge in [0.1, 0.15) is 11.5 Å². The van der Waals surface area contributed by atoms with Gasteiger partial charge in [-0.25, -0.2) is 0 Å². The Kier molecular flexibility index (Phi) is 3.05. The molecule has 1 N–H and O–H groups in total. The largest absolute Gasteiger partial charge is 0.508 e. The van der Waals surface area contributed by atoms with Crippen molar-refractivity contribution < 1.29 is 9.84 Å². The van der Waals surface area contributed by atoms with Gasteiger partial charge in [0.25, 0.3) is 0 Å². The molecule has 0 aliphatic heterocycles. The third-order valence-electron chi connectivity index (χ3n) is 2.41. The maximum atomic E-state index is 9.44. The Labute approximate surface area is 94.3 Å². The first-order valence-electron chi connectivity index (χ1n) is 5.04. The first-order chi connectivity index (χ1) is 7.79. The van der Waals surface area contributed by atoms with Crippen LogP contribution < -0.4 is 4.74 Å². The fourth-order valence-electron chi connectivity index (χ4n) is 1.62. The number of methoxy groups -OCH3 is 1. The molecular weight excluding hydrogens is 202 g/mol. The number of ether oxygens (including phenoxy) is 1. The molecule has 0 aliphatic rings. The molecule has 0 amide bonds. The van der Waals surface area contributed by atoms with E-state index in [9.17, 15) is 5.11 Å². The van der Waals surface area contributed by atoms with E-state index in [1.54, 1.807) is 37.7 Å². The molecule has 0 aliphatic carbocycles. The van der Waals surface area contributed by atoms with Crippen molar-refractivity contribution in [2.24, 2.45) is 0 Å². The number of nitrogens with zero attached hydrogens (tertiary/aromatic N) is 1. The van der Waals surface area contributed by atoms with Crippen LogP contribution in [0.3, 0.4) is 0 Å². The second-order valence-electron chi connectivity index (χ2n) is 3.53. The summed E-state index contributed by atoms with van der Waals surface area (Å²) in [6.45, 7) is 0. The van der Waals surface area contributed by atoms with Crippen LogP contribution in [0.5, 0.6) is 11.5 Å². The number of phenolic OH excluding ortho intramolecular Hbond substituents is 1. The molecule has 0 bridgehead atoms. The van der Waals surface area contributed by atoms with Gasteiger partial charge in [0.2, 0.25) is 0 Å². The van der Waals surface area contributed by atoms with Crippen LogP contribution in [0.25, 0.3) is 0 Å². The van der Waals surface area contributed by atoms with Crippen molar-refractivity contribution in [3.05, 3.63) is 53.9 Å². The van der Waals surface area contributed by atoms with Crippen molar-refractivity contribution in [3.8, 4) is 11.5 Å². The number of benzene rings is 1. The molecule has 2 aromatic rings. The van der Waals surface area contributed by atoms with Gasteiger partial charge < -0.3 is 9.84 Å². The topological polar surface area (TPSA) is 42.4 Å². The summed E-state index contributed by atoms with van der Waals surface area (Å²) in [4.78, 5) is 3.97. The van der Waals surface area contributed by atoms with Crippen LogP contribution in [-0.2, 0) is 6.42 Å². The van der Waals surface area contributed by atoms with Crippen molar-refractivity contribution in [3.63, 3.8) is 0 Å². The van der Waals surface area contributed by atoms with Gasteiger partial charge in [-0.05, 0) is 35.9 Å². The molecule has 0 radical (unpaired) electrons. The molecule has 0 unspecified atom stereocenters. The summed E-state index contributed by atoms with van der Waals surface area (Å²) >= 11 is 0. The van der Waals surface area contributed by atoms with E-state index in [1.807, 2.05) is 12.1 Å². The Morgan fingerprint density at radius 1 is 1.19 bits per heavy atom. The minimum atomic E-state index is 0.254. The Hall–Kier alpha value is -2.03. The van der Waals surface area contributed by atoms with Crippen LogP contribution in [0.4, 0.5) is 0 Å². The van der Waals surface area contributed by atoms with Gasteiger partial charge in [0.15, 0.2) is 0 Å². The summed E-state index contributed by atoms with van der Waals surface area (Å²) in [6.07, 6.45) is 4.23. The van der Waals surface area contributed by atoms with Crippen LogP contribution in [0.2, 0.25) is 0 Å². The molecule has 0 spiro atoms. The number of aromatic hydroxyl groups is 1. The molecular formula is C13H13NO2. The van der Waals surface area contributed by atoms with Crippen molar-refractivity contribution in [1.82, 2.24) is 4.98 Å². The molecule has 1 aromatic carbocycles. The third kappa shape index (κ3) is 2.31. The van der Waals surface area contributed by atoms with Crippen LogP contribution in [0.15, 0.2) is 42.7 Å². The average molecular weight is 215 g/mol. The second-order valence-corrected chi connectivity index (χ2v) is 3.53. The zero-order valence-corrected chi connectivity index (χ0v) is 9.05. The molecule has 2 rings (SSSR count). The fourth-order valence-corrected chi connectivity index (χ4v) is 1.62. The number of phenols is 1. The molecule has 1 aromatic heterocycles. The van der Waals surface area contributed by atoms with Gasteiger partial charge >= 0.3 is 0 Å². The monoisotopic (exact) mass is 215 g/mol. The average Bonchev–Trinajstić information content (AvgIpc) is 2.31. The summed E-state index contributed by atoms with van der Waals surface area (Å²) in [5.74, 6) is 1.04. The number of aromatic nitrogens is 1. The van der Waals surface area contributed by atoms with Crippen molar-refractivity contribution in [2.45, 2.75) is 6.42 Å². The predicted molar refractivity (Wildman–Crippen MR) is 61.7 cm³/mol. The maximum Gasteiger partial charge on any atom is 0.122 e. The van der Waals surface area contributed by atoms with Gasteiger partial charge in [0.05, 0.1) is 7.11 Å². The van der Waals surface area contributed by atoms with Gasteiger partial charge in [-0.1, -0.05) is 0 Å². The van der Waals surface area contributed by atoms with Gasteiger partial charge in [0, 0.05) is 24.4 Å². The summed E-state index contributed by atoms with van der Waals surface area (Å²) in [5, 5.41) is 9.44. The van der Waals surface area contributed by atoms with E-state index in [-0.39, 0.29) is 5.75 Å². The number of rotatable bonds is 3. The quantitative estimate of drug-likeness (QED) is 0.854. The number of hydrogen-bond donors (Lipinski definition) is 1. The predicted octanol–water partition coefficient (Wildman–Crippen LogP) is 2.39. The van der Waals surface area contributed by atoms with E-state index in [0.29, 0.717) is 0 Å². The van der Waals surface area contributed by atoms with E-state index in [1.165, 1.54) is 0 Å².